The fourth-order valence-electron chi connectivity index (χ4n) is 3.60. The van der Waals surface area contributed by atoms with Gasteiger partial charge < -0.3 is 19.1 Å². The Morgan fingerprint density at radius 2 is 1.66 bits per heavy atom. The molecule has 6 heteroatoms. The molecular weight excluding hydrogens is 370 g/mol. The largest absolute Gasteiger partial charge is 0.493 e. The van der Waals surface area contributed by atoms with Crippen molar-refractivity contribution in [2.75, 3.05) is 33.9 Å². The molecule has 1 amide bonds. The molecule has 0 radical (unpaired) electrons. The van der Waals surface area contributed by atoms with E-state index in [0.29, 0.717) is 36.1 Å². The maximum Gasteiger partial charge on any atom is 0.338 e. The zero-order chi connectivity index (χ0) is 20.6. The lowest BCUT2D eigenvalue weighted by molar-refractivity contribution is -0.135. The van der Waals surface area contributed by atoms with E-state index in [1.54, 1.807) is 23.1 Å². The van der Waals surface area contributed by atoms with E-state index >= 15 is 0 Å². The highest BCUT2D eigenvalue weighted by Crippen LogP contribution is 2.28. The average molecular weight is 397 g/mol. The highest BCUT2D eigenvalue weighted by molar-refractivity contribution is 5.92. The topological polar surface area (TPSA) is 65.1 Å². The number of nitrogens with zero attached hydrogens (tertiary/aromatic N) is 1. The summed E-state index contributed by atoms with van der Waals surface area (Å²) in [5.74, 6) is 0.832. The normalized spacial score (nSPS) is 14.3. The van der Waals surface area contributed by atoms with Crippen LogP contribution in [-0.2, 0) is 16.0 Å². The second-order valence-corrected chi connectivity index (χ2v) is 7.16. The summed E-state index contributed by atoms with van der Waals surface area (Å²) in [6, 6.07) is 15.2. The van der Waals surface area contributed by atoms with Crippen LogP contribution in [0.1, 0.15) is 28.8 Å². The molecule has 0 aliphatic carbocycles. The number of rotatable bonds is 7. The van der Waals surface area contributed by atoms with Crippen LogP contribution in [0.5, 0.6) is 11.5 Å². The molecule has 2 aromatic carbocycles. The van der Waals surface area contributed by atoms with Gasteiger partial charge in [-0.25, -0.2) is 4.79 Å². The lowest BCUT2D eigenvalue weighted by Gasteiger charge is -2.32. The van der Waals surface area contributed by atoms with Crippen molar-refractivity contribution in [1.82, 2.24) is 4.90 Å². The minimum atomic E-state index is -0.557. The summed E-state index contributed by atoms with van der Waals surface area (Å²) in [6.45, 7) is 1.14. The highest BCUT2D eigenvalue weighted by Gasteiger charge is 2.24. The Morgan fingerprint density at radius 1 is 0.966 bits per heavy atom. The van der Waals surface area contributed by atoms with Gasteiger partial charge in [-0.3, -0.25) is 4.79 Å². The van der Waals surface area contributed by atoms with Gasteiger partial charge in [-0.15, -0.1) is 0 Å². The van der Waals surface area contributed by atoms with Crippen LogP contribution in [0.4, 0.5) is 0 Å². The van der Waals surface area contributed by atoms with E-state index in [1.165, 1.54) is 19.8 Å². The molecule has 0 atom stereocenters. The van der Waals surface area contributed by atoms with E-state index in [1.807, 2.05) is 6.07 Å². The van der Waals surface area contributed by atoms with Crippen molar-refractivity contribution >= 4 is 11.9 Å². The number of amides is 1. The summed E-state index contributed by atoms with van der Waals surface area (Å²) < 4.78 is 15.6. The number of carbonyl (C=O) groups is 2. The average Bonchev–Trinajstić information content (AvgIpc) is 2.78. The van der Waals surface area contributed by atoms with Crippen molar-refractivity contribution < 1.29 is 23.8 Å². The van der Waals surface area contributed by atoms with Crippen LogP contribution < -0.4 is 9.47 Å². The van der Waals surface area contributed by atoms with Gasteiger partial charge >= 0.3 is 5.97 Å². The molecule has 1 saturated heterocycles. The molecule has 1 aliphatic rings. The summed E-state index contributed by atoms with van der Waals surface area (Å²) in [5.41, 5.74) is 1.65. The number of ether oxygens (including phenoxy) is 3. The number of piperidine rings is 1. The lowest BCUT2D eigenvalue weighted by atomic mass is 9.90. The second kappa shape index (κ2) is 9.96. The molecule has 6 nitrogen and oxygen atoms in total. The van der Waals surface area contributed by atoms with Gasteiger partial charge in [0.15, 0.2) is 18.1 Å². The van der Waals surface area contributed by atoms with Crippen molar-refractivity contribution in [3.63, 3.8) is 0 Å². The Hall–Kier alpha value is -3.02. The summed E-state index contributed by atoms with van der Waals surface area (Å²) in [5, 5.41) is 0. The summed E-state index contributed by atoms with van der Waals surface area (Å²) in [7, 11) is 3.02. The van der Waals surface area contributed by atoms with E-state index in [2.05, 4.69) is 24.3 Å². The molecule has 0 unspecified atom stereocenters. The fourth-order valence-corrected chi connectivity index (χ4v) is 3.60. The SMILES string of the molecule is COc1ccc(C(=O)OCC(=O)N2CCC(Cc3ccccc3)CC2)cc1OC. The molecule has 0 aromatic heterocycles. The molecule has 0 spiro atoms. The third-order valence-electron chi connectivity index (χ3n) is 5.28. The van der Waals surface area contributed by atoms with Crippen LogP contribution in [0.3, 0.4) is 0 Å². The van der Waals surface area contributed by atoms with E-state index in [-0.39, 0.29) is 12.5 Å². The van der Waals surface area contributed by atoms with Gasteiger partial charge in [-0.2, -0.15) is 0 Å². The van der Waals surface area contributed by atoms with Crippen molar-refractivity contribution in [3.8, 4) is 11.5 Å². The number of carbonyl (C=O) groups excluding carboxylic acids is 2. The maximum atomic E-state index is 12.4. The van der Waals surface area contributed by atoms with Gasteiger partial charge in [0.2, 0.25) is 0 Å². The molecule has 1 heterocycles. The van der Waals surface area contributed by atoms with Gasteiger partial charge in [0, 0.05) is 13.1 Å². The number of likely N-dealkylation sites (tertiary alicyclic amines) is 1. The van der Waals surface area contributed by atoms with Gasteiger partial charge in [0.05, 0.1) is 19.8 Å². The zero-order valence-electron chi connectivity index (χ0n) is 16.9. The van der Waals surface area contributed by atoms with Gasteiger partial charge in [-0.1, -0.05) is 30.3 Å². The van der Waals surface area contributed by atoms with Crippen LogP contribution in [0.15, 0.2) is 48.5 Å². The Labute approximate surface area is 171 Å². The lowest BCUT2D eigenvalue weighted by Crippen LogP contribution is -2.41. The van der Waals surface area contributed by atoms with E-state index in [9.17, 15) is 9.59 Å². The van der Waals surface area contributed by atoms with E-state index < -0.39 is 5.97 Å². The minimum absolute atomic E-state index is 0.156. The van der Waals surface area contributed by atoms with Crippen LogP contribution >= 0.6 is 0 Å². The monoisotopic (exact) mass is 397 g/mol. The number of hydrogen-bond donors (Lipinski definition) is 0. The van der Waals surface area contributed by atoms with Crippen molar-refractivity contribution in [2.45, 2.75) is 19.3 Å². The van der Waals surface area contributed by atoms with Gasteiger partial charge in [0.1, 0.15) is 0 Å². The highest BCUT2D eigenvalue weighted by atomic mass is 16.5. The quantitative estimate of drug-likeness (QED) is 0.671. The third-order valence-corrected chi connectivity index (χ3v) is 5.28. The Bertz CT molecular complexity index is 828. The first-order valence-electron chi connectivity index (χ1n) is 9.81. The number of hydrogen-bond acceptors (Lipinski definition) is 5. The molecule has 1 fully saturated rings. The minimum Gasteiger partial charge on any atom is -0.493 e. The van der Waals surface area contributed by atoms with Crippen LogP contribution in [0, 0.1) is 5.92 Å². The predicted molar refractivity (Wildman–Crippen MR) is 109 cm³/mol. The second-order valence-electron chi connectivity index (χ2n) is 7.16. The van der Waals surface area contributed by atoms with Crippen LogP contribution in [0.25, 0.3) is 0 Å². The third kappa shape index (κ3) is 5.50. The molecule has 2 aromatic rings. The predicted octanol–water partition coefficient (Wildman–Crippen LogP) is 3.34. The van der Waals surface area contributed by atoms with Crippen molar-refractivity contribution in [1.29, 1.82) is 0 Å². The van der Waals surface area contributed by atoms with Crippen LogP contribution in [-0.4, -0.2) is 50.7 Å². The molecule has 0 saturated carbocycles. The standard InChI is InChI=1S/C23H27NO5/c1-27-20-9-8-19(15-21(20)28-2)23(26)29-16-22(25)24-12-10-18(11-13-24)14-17-6-4-3-5-7-17/h3-9,15,18H,10-14,16H2,1-2H3. The first-order valence-corrected chi connectivity index (χ1v) is 9.81. The van der Waals surface area contributed by atoms with Gasteiger partial charge in [0.25, 0.3) is 5.91 Å². The Morgan fingerprint density at radius 3 is 2.31 bits per heavy atom. The number of esters is 1. The van der Waals surface area contributed by atoms with Crippen molar-refractivity contribution in [2.24, 2.45) is 5.92 Å². The fraction of sp³-hybridized carbons (Fsp3) is 0.391. The maximum absolute atomic E-state index is 12.4. The van der Waals surface area contributed by atoms with Gasteiger partial charge in [-0.05, 0) is 48.9 Å². The first kappa shape index (κ1) is 20.7. The van der Waals surface area contributed by atoms with E-state index in [4.69, 9.17) is 14.2 Å². The molecule has 29 heavy (non-hydrogen) atoms. The Kier molecular flexibility index (Phi) is 7.11. The van der Waals surface area contributed by atoms with E-state index in [0.717, 1.165) is 19.3 Å². The summed E-state index contributed by atoms with van der Waals surface area (Å²) >= 11 is 0. The summed E-state index contributed by atoms with van der Waals surface area (Å²) in [4.78, 5) is 26.5. The molecule has 1 aliphatic heterocycles. The first-order chi connectivity index (χ1) is 14.1. The van der Waals surface area contributed by atoms with Crippen LogP contribution in [0.2, 0.25) is 0 Å². The van der Waals surface area contributed by atoms with Crippen molar-refractivity contribution in [3.05, 3.63) is 59.7 Å². The number of benzene rings is 2. The zero-order valence-corrected chi connectivity index (χ0v) is 16.9. The molecule has 154 valence electrons. The molecule has 0 N–H and O–H groups in total. The summed E-state index contributed by atoms with van der Waals surface area (Å²) in [6.07, 6.45) is 2.96. The molecular formula is C23H27NO5. The number of methoxy groups -OCH3 is 2. The molecule has 0 bridgehead atoms. The smallest absolute Gasteiger partial charge is 0.338 e. The Balaban J connectivity index is 1.46. The molecule has 3 rings (SSSR count).